The molecule has 0 saturated heterocycles. The summed E-state index contributed by atoms with van der Waals surface area (Å²) in [6.45, 7) is 4.92. The van der Waals surface area contributed by atoms with Crippen molar-refractivity contribution in [3.8, 4) is 0 Å². The molecule has 0 aromatic heterocycles. The van der Waals surface area contributed by atoms with Crippen LogP contribution in [0.15, 0.2) is 54.6 Å². The number of hydrogen-bond acceptors (Lipinski definition) is 2. The Hall–Kier alpha value is -1.38. The first-order chi connectivity index (χ1) is 7.33. The summed E-state index contributed by atoms with van der Waals surface area (Å²) < 4.78 is 5.45. The molecule has 80 valence electrons. The van der Waals surface area contributed by atoms with Crippen molar-refractivity contribution in [2.24, 2.45) is 0 Å². The van der Waals surface area contributed by atoms with E-state index in [0.29, 0.717) is 13.2 Å². The van der Waals surface area contributed by atoms with Crippen LogP contribution in [0.3, 0.4) is 0 Å². The van der Waals surface area contributed by atoms with Crippen LogP contribution in [0.25, 0.3) is 0 Å². The Balaban J connectivity index is 2.22. The van der Waals surface area contributed by atoms with Gasteiger partial charge in [0.05, 0.1) is 19.8 Å². The van der Waals surface area contributed by atoms with Crippen LogP contribution < -0.4 is 0 Å². The Morgan fingerprint density at radius 2 is 2.07 bits per heavy atom. The molecule has 0 aliphatic rings. The quantitative estimate of drug-likeness (QED) is 0.720. The smallest absolute Gasteiger partial charge is 0.0721 e. The van der Waals surface area contributed by atoms with Crippen LogP contribution in [-0.2, 0) is 11.3 Å². The lowest BCUT2D eigenvalue weighted by Crippen LogP contribution is -1.96. The third-order valence-corrected chi connectivity index (χ3v) is 1.86. The van der Waals surface area contributed by atoms with E-state index in [4.69, 9.17) is 9.84 Å². The molecule has 0 spiro atoms. The molecule has 0 aliphatic heterocycles. The van der Waals surface area contributed by atoms with Gasteiger partial charge in [-0.15, -0.1) is 0 Å². The summed E-state index contributed by atoms with van der Waals surface area (Å²) in [5.41, 5.74) is 2.01. The van der Waals surface area contributed by atoms with Gasteiger partial charge < -0.3 is 9.84 Å². The fourth-order valence-electron chi connectivity index (χ4n) is 1.14. The van der Waals surface area contributed by atoms with E-state index in [1.54, 1.807) is 12.2 Å². The first-order valence-electron chi connectivity index (χ1n) is 4.90. The van der Waals surface area contributed by atoms with Gasteiger partial charge in [-0.05, 0) is 11.1 Å². The van der Waals surface area contributed by atoms with Crippen LogP contribution >= 0.6 is 0 Å². The molecule has 0 bridgehead atoms. The molecule has 0 heterocycles. The maximum absolute atomic E-state index is 8.55. The Labute approximate surface area is 90.5 Å². The average Bonchev–Trinajstić information content (AvgIpc) is 2.28. The van der Waals surface area contributed by atoms with Crippen molar-refractivity contribution in [1.29, 1.82) is 0 Å². The van der Waals surface area contributed by atoms with Gasteiger partial charge in [-0.2, -0.15) is 0 Å². The lowest BCUT2D eigenvalue weighted by molar-refractivity contribution is 0.144. The second-order valence-electron chi connectivity index (χ2n) is 3.22. The lowest BCUT2D eigenvalue weighted by atomic mass is 10.2. The largest absolute Gasteiger partial charge is 0.392 e. The van der Waals surface area contributed by atoms with E-state index in [0.717, 1.165) is 11.1 Å². The minimum atomic E-state index is 0.0394. The van der Waals surface area contributed by atoms with E-state index in [1.807, 2.05) is 30.3 Å². The average molecular weight is 204 g/mol. The summed E-state index contributed by atoms with van der Waals surface area (Å²) >= 11 is 0. The molecule has 2 heteroatoms. The van der Waals surface area contributed by atoms with E-state index in [9.17, 15) is 0 Å². The minimum absolute atomic E-state index is 0.0394. The maximum Gasteiger partial charge on any atom is 0.0721 e. The highest BCUT2D eigenvalue weighted by Crippen LogP contribution is 2.02. The van der Waals surface area contributed by atoms with Gasteiger partial charge in [0, 0.05) is 0 Å². The highest BCUT2D eigenvalue weighted by Gasteiger charge is 1.92. The Morgan fingerprint density at radius 1 is 1.33 bits per heavy atom. The van der Waals surface area contributed by atoms with Crippen LogP contribution in [0, 0.1) is 0 Å². The summed E-state index contributed by atoms with van der Waals surface area (Å²) in [6, 6.07) is 9.99. The summed E-state index contributed by atoms with van der Waals surface area (Å²) in [4.78, 5) is 0. The molecule has 1 aromatic carbocycles. The molecule has 0 saturated carbocycles. The summed E-state index contributed by atoms with van der Waals surface area (Å²) in [7, 11) is 0. The number of hydrogen-bond donors (Lipinski definition) is 1. The van der Waals surface area contributed by atoms with E-state index in [2.05, 4.69) is 6.58 Å². The van der Waals surface area contributed by atoms with Crippen molar-refractivity contribution >= 4 is 0 Å². The van der Waals surface area contributed by atoms with E-state index in [-0.39, 0.29) is 6.61 Å². The molecule has 15 heavy (non-hydrogen) atoms. The van der Waals surface area contributed by atoms with Crippen molar-refractivity contribution < 1.29 is 9.84 Å². The summed E-state index contributed by atoms with van der Waals surface area (Å²) in [5.74, 6) is 0. The normalized spacial score (nSPS) is 10.7. The maximum atomic E-state index is 8.55. The predicted molar refractivity (Wildman–Crippen MR) is 61.5 cm³/mol. The van der Waals surface area contributed by atoms with Crippen LogP contribution in [-0.4, -0.2) is 18.3 Å². The molecular formula is C13H16O2. The van der Waals surface area contributed by atoms with Crippen molar-refractivity contribution in [3.63, 3.8) is 0 Å². The van der Waals surface area contributed by atoms with Gasteiger partial charge in [-0.25, -0.2) is 0 Å². The van der Waals surface area contributed by atoms with Crippen molar-refractivity contribution in [2.45, 2.75) is 6.61 Å². The molecule has 0 fully saturated rings. The molecule has 1 N–H and O–H groups in total. The van der Waals surface area contributed by atoms with Gasteiger partial charge in [0.15, 0.2) is 0 Å². The lowest BCUT2D eigenvalue weighted by Gasteiger charge is -2.03. The Kier molecular flexibility index (Phi) is 5.44. The summed E-state index contributed by atoms with van der Waals surface area (Å²) in [6.07, 6.45) is 3.42. The number of ether oxygens (including phenoxy) is 1. The number of aliphatic hydroxyl groups excluding tert-OH is 1. The van der Waals surface area contributed by atoms with Gasteiger partial charge in [-0.1, -0.05) is 49.1 Å². The zero-order chi connectivity index (χ0) is 10.9. The fraction of sp³-hybridized carbons (Fsp3) is 0.231. The fourth-order valence-corrected chi connectivity index (χ4v) is 1.14. The molecule has 1 aromatic rings. The van der Waals surface area contributed by atoms with Crippen molar-refractivity contribution in [2.75, 3.05) is 13.2 Å². The highest BCUT2D eigenvalue weighted by molar-refractivity contribution is 5.16. The monoisotopic (exact) mass is 204 g/mol. The van der Waals surface area contributed by atoms with Gasteiger partial charge in [0.25, 0.3) is 0 Å². The van der Waals surface area contributed by atoms with Crippen molar-refractivity contribution in [3.05, 3.63) is 60.2 Å². The SMILES string of the molecule is C=C(/C=C/CO)COCc1ccccc1. The molecule has 2 nitrogen and oxygen atoms in total. The van der Waals surface area contributed by atoms with E-state index < -0.39 is 0 Å². The zero-order valence-electron chi connectivity index (χ0n) is 8.73. The van der Waals surface area contributed by atoms with Gasteiger partial charge in [0.1, 0.15) is 0 Å². The Bertz CT molecular complexity index is 315. The van der Waals surface area contributed by atoms with Crippen LogP contribution in [0.2, 0.25) is 0 Å². The zero-order valence-corrected chi connectivity index (χ0v) is 8.73. The standard InChI is InChI=1S/C13H16O2/c1-12(6-5-9-14)10-15-11-13-7-3-2-4-8-13/h2-8,14H,1,9-11H2/b6-5+. The van der Waals surface area contributed by atoms with Crippen LogP contribution in [0.1, 0.15) is 5.56 Å². The first-order valence-corrected chi connectivity index (χ1v) is 4.90. The first kappa shape index (κ1) is 11.7. The highest BCUT2D eigenvalue weighted by atomic mass is 16.5. The predicted octanol–water partition coefficient (Wildman–Crippen LogP) is 2.31. The molecule has 0 atom stereocenters. The van der Waals surface area contributed by atoms with E-state index >= 15 is 0 Å². The van der Waals surface area contributed by atoms with Gasteiger partial charge in [0.2, 0.25) is 0 Å². The van der Waals surface area contributed by atoms with Gasteiger partial charge in [-0.3, -0.25) is 0 Å². The second-order valence-corrected chi connectivity index (χ2v) is 3.22. The molecule has 0 unspecified atom stereocenters. The molecular weight excluding hydrogens is 188 g/mol. The second kappa shape index (κ2) is 6.98. The summed E-state index contributed by atoms with van der Waals surface area (Å²) in [5, 5.41) is 8.55. The van der Waals surface area contributed by atoms with Crippen molar-refractivity contribution in [1.82, 2.24) is 0 Å². The van der Waals surface area contributed by atoms with Crippen LogP contribution in [0.5, 0.6) is 0 Å². The third kappa shape index (κ3) is 5.15. The topological polar surface area (TPSA) is 29.5 Å². The molecule has 0 aliphatic carbocycles. The number of rotatable bonds is 6. The molecule has 0 amide bonds. The Morgan fingerprint density at radius 3 is 2.73 bits per heavy atom. The third-order valence-electron chi connectivity index (χ3n) is 1.86. The van der Waals surface area contributed by atoms with Gasteiger partial charge >= 0.3 is 0 Å². The molecule has 1 rings (SSSR count). The number of benzene rings is 1. The van der Waals surface area contributed by atoms with Crippen LogP contribution in [0.4, 0.5) is 0 Å². The number of aliphatic hydroxyl groups is 1. The molecule has 0 radical (unpaired) electrons. The minimum Gasteiger partial charge on any atom is -0.392 e. The van der Waals surface area contributed by atoms with E-state index in [1.165, 1.54) is 0 Å².